The molecule has 0 saturated heterocycles. The van der Waals surface area contributed by atoms with Crippen molar-refractivity contribution in [2.24, 2.45) is 0 Å². The zero-order chi connectivity index (χ0) is 30.2. The number of hydrogen-bond acceptors (Lipinski definition) is 8. The summed E-state index contributed by atoms with van der Waals surface area (Å²) in [5, 5.41) is 5.65. The van der Waals surface area contributed by atoms with Gasteiger partial charge in [-0.2, -0.15) is 0 Å². The van der Waals surface area contributed by atoms with Gasteiger partial charge in [0.1, 0.15) is 11.5 Å². The zero-order valence-corrected chi connectivity index (χ0v) is 23.3. The number of carbonyl (C=O) groups is 4. The van der Waals surface area contributed by atoms with Gasteiger partial charge in [-0.3, -0.25) is 9.59 Å². The predicted octanol–water partition coefficient (Wildman–Crippen LogP) is 5.45. The molecule has 2 N–H and O–H groups in total. The Hall–Kier alpha value is -5.64. The van der Waals surface area contributed by atoms with E-state index in [9.17, 15) is 19.2 Å². The number of esters is 2. The maximum absolute atomic E-state index is 12.8. The van der Waals surface area contributed by atoms with Crippen LogP contribution in [0, 0.1) is 0 Å². The summed E-state index contributed by atoms with van der Waals surface area (Å²) in [6.07, 6.45) is 0. The summed E-state index contributed by atoms with van der Waals surface area (Å²) in [5.74, 6) is -0.869. The second-order valence-electron chi connectivity index (χ2n) is 8.88. The molecular formula is C32H28N2O8. The highest BCUT2D eigenvalue weighted by Gasteiger charge is 2.15. The number of rotatable bonds is 9. The summed E-state index contributed by atoms with van der Waals surface area (Å²) in [5.41, 5.74) is 3.86. The third-order valence-corrected chi connectivity index (χ3v) is 6.37. The van der Waals surface area contributed by atoms with Crippen molar-refractivity contribution in [1.82, 2.24) is 0 Å². The van der Waals surface area contributed by atoms with Crippen LogP contribution in [-0.4, -0.2) is 52.2 Å². The molecule has 0 spiro atoms. The van der Waals surface area contributed by atoms with Crippen molar-refractivity contribution in [2.45, 2.75) is 0 Å². The normalized spacial score (nSPS) is 10.3. The van der Waals surface area contributed by atoms with Crippen LogP contribution in [0.2, 0.25) is 0 Å². The molecule has 0 saturated carbocycles. The Kier molecular flexibility index (Phi) is 9.18. The summed E-state index contributed by atoms with van der Waals surface area (Å²) in [4.78, 5) is 48.9. The molecule has 0 radical (unpaired) electrons. The lowest BCUT2D eigenvalue weighted by Gasteiger charge is -2.15. The van der Waals surface area contributed by atoms with Crippen molar-refractivity contribution in [3.8, 4) is 22.6 Å². The van der Waals surface area contributed by atoms with Gasteiger partial charge in [0, 0.05) is 11.1 Å². The first kappa shape index (κ1) is 29.3. The molecule has 0 heterocycles. The molecule has 10 heteroatoms. The first-order valence-corrected chi connectivity index (χ1v) is 12.6. The van der Waals surface area contributed by atoms with E-state index in [0.29, 0.717) is 45.1 Å². The number of amides is 2. The smallest absolute Gasteiger partial charge is 0.337 e. The van der Waals surface area contributed by atoms with Crippen LogP contribution in [0.25, 0.3) is 11.1 Å². The maximum Gasteiger partial charge on any atom is 0.337 e. The Morgan fingerprint density at radius 3 is 1.12 bits per heavy atom. The molecule has 0 aromatic heterocycles. The number of ether oxygens (including phenoxy) is 4. The fourth-order valence-corrected chi connectivity index (χ4v) is 4.09. The summed E-state index contributed by atoms with van der Waals surface area (Å²) in [6.45, 7) is 0. The highest BCUT2D eigenvalue weighted by Crippen LogP contribution is 2.35. The molecule has 4 aromatic rings. The van der Waals surface area contributed by atoms with E-state index < -0.39 is 11.9 Å². The lowest BCUT2D eigenvalue weighted by molar-refractivity contribution is 0.0592. The molecule has 214 valence electrons. The number of anilines is 2. The summed E-state index contributed by atoms with van der Waals surface area (Å²) >= 11 is 0. The minimum atomic E-state index is -0.488. The van der Waals surface area contributed by atoms with Crippen molar-refractivity contribution in [3.63, 3.8) is 0 Å². The van der Waals surface area contributed by atoms with Crippen molar-refractivity contribution in [1.29, 1.82) is 0 Å². The third kappa shape index (κ3) is 6.56. The minimum absolute atomic E-state index is 0.339. The largest absolute Gasteiger partial charge is 0.495 e. The molecule has 4 rings (SSSR count). The maximum atomic E-state index is 12.8. The van der Waals surface area contributed by atoms with Crippen LogP contribution >= 0.6 is 0 Å². The topological polar surface area (TPSA) is 129 Å². The van der Waals surface area contributed by atoms with Crippen molar-refractivity contribution >= 4 is 35.1 Å². The molecule has 0 aliphatic carbocycles. The first-order valence-electron chi connectivity index (χ1n) is 12.6. The average Bonchev–Trinajstić information content (AvgIpc) is 3.04. The quantitative estimate of drug-likeness (QED) is 0.255. The van der Waals surface area contributed by atoms with Gasteiger partial charge < -0.3 is 29.6 Å². The molecule has 0 atom stereocenters. The van der Waals surface area contributed by atoms with E-state index in [0.717, 1.165) is 11.1 Å². The highest BCUT2D eigenvalue weighted by atomic mass is 16.5. The van der Waals surface area contributed by atoms with E-state index in [2.05, 4.69) is 20.1 Å². The lowest BCUT2D eigenvalue weighted by atomic mass is 10.0. The second kappa shape index (κ2) is 13.1. The van der Waals surface area contributed by atoms with E-state index in [4.69, 9.17) is 9.47 Å². The Balaban J connectivity index is 1.50. The summed E-state index contributed by atoms with van der Waals surface area (Å²) in [6, 6.07) is 22.8. The van der Waals surface area contributed by atoms with Gasteiger partial charge >= 0.3 is 11.9 Å². The van der Waals surface area contributed by atoms with Crippen LogP contribution in [0.5, 0.6) is 11.5 Å². The Morgan fingerprint density at radius 2 is 0.810 bits per heavy atom. The van der Waals surface area contributed by atoms with E-state index >= 15 is 0 Å². The second-order valence-corrected chi connectivity index (χ2v) is 8.88. The molecule has 0 bridgehead atoms. The number of benzene rings is 4. The SMILES string of the molecule is COC(=O)c1ccc(C(=O)Nc2ccc(-c3ccc(NC(=O)c4ccc(C(=O)OC)cc4)c(OC)c3)cc2OC)cc1. The van der Waals surface area contributed by atoms with Crippen LogP contribution in [-0.2, 0) is 9.47 Å². The standard InChI is InChI=1S/C32H28N2O8/c1-39-27-17-23(13-15-25(27)33-29(35)19-5-9-21(10-6-19)31(37)41-3)24-14-16-26(28(18-24)40-2)34-30(36)20-7-11-22(12-8-20)32(38)42-4/h5-18H,1-4H3,(H,33,35)(H,34,36). The monoisotopic (exact) mass is 568 g/mol. The van der Waals surface area contributed by atoms with E-state index in [-0.39, 0.29) is 11.8 Å². The first-order chi connectivity index (χ1) is 20.3. The molecule has 2 amide bonds. The number of hydrogen-bond donors (Lipinski definition) is 2. The Labute approximate surface area is 242 Å². The predicted molar refractivity (Wildman–Crippen MR) is 156 cm³/mol. The van der Waals surface area contributed by atoms with Crippen LogP contribution in [0.4, 0.5) is 11.4 Å². The average molecular weight is 569 g/mol. The van der Waals surface area contributed by atoms with Crippen LogP contribution in [0.1, 0.15) is 41.4 Å². The van der Waals surface area contributed by atoms with Crippen LogP contribution in [0.3, 0.4) is 0 Å². The van der Waals surface area contributed by atoms with Gasteiger partial charge in [0.15, 0.2) is 0 Å². The van der Waals surface area contributed by atoms with E-state index in [1.807, 2.05) is 12.1 Å². The van der Waals surface area contributed by atoms with Gasteiger partial charge in [-0.1, -0.05) is 12.1 Å². The fourth-order valence-electron chi connectivity index (χ4n) is 4.09. The molecule has 42 heavy (non-hydrogen) atoms. The molecular weight excluding hydrogens is 540 g/mol. The van der Waals surface area contributed by atoms with E-state index in [1.165, 1.54) is 77.0 Å². The van der Waals surface area contributed by atoms with Crippen molar-refractivity contribution in [2.75, 3.05) is 39.1 Å². The molecule has 0 aliphatic rings. The molecule has 0 fully saturated rings. The number of nitrogens with one attached hydrogen (secondary N) is 2. The van der Waals surface area contributed by atoms with Crippen molar-refractivity contribution in [3.05, 3.63) is 107 Å². The third-order valence-electron chi connectivity index (χ3n) is 6.37. The van der Waals surface area contributed by atoms with Gasteiger partial charge in [0.2, 0.25) is 0 Å². The molecule has 0 aliphatic heterocycles. The fraction of sp³-hybridized carbons (Fsp3) is 0.125. The van der Waals surface area contributed by atoms with Crippen LogP contribution < -0.4 is 20.1 Å². The van der Waals surface area contributed by atoms with Crippen LogP contribution in [0.15, 0.2) is 84.9 Å². The molecule has 10 nitrogen and oxygen atoms in total. The summed E-state index contributed by atoms with van der Waals surface area (Å²) in [7, 11) is 5.57. The van der Waals surface area contributed by atoms with Gasteiger partial charge in [0.25, 0.3) is 11.8 Å². The number of carbonyl (C=O) groups excluding carboxylic acids is 4. The van der Waals surface area contributed by atoms with Gasteiger partial charge in [0.05, 0.1) is 50.9 Å². The van der Waals surface area contributed by atoms with Gasteiger partial charge in [-0.25, -0.2) is 9.59 Å². The molecule has 4 aromatic carbocycles. The van der Waals surface area contributed by atoms with Gasteiger partial charge in [-0.15, -0.1) is 0 Å². The van der Waals surface area contributed by atoms with Gasteiger partial charge in [-0.05, 0) is 83.9 Å². The van der Waals surface area contributed by atoms with Crippen molar-refractivity contribution < 1.29 is 38.1 Å². The van der Waals surface area contributed by atoms with E-state index in [1.54, 1.807) is 24.3 Å². The Bertz CT molecular complexity index is 1510. The molecule has 0 unspecified atom stereocenters. The minimum Gasteiger partial charge on any atom is -0.495 e. The summed E-state index contributed by atoms with van der Waals surface area (Å²) < 4.78 is 20.4. The zero-order valence-electron chi connectivity index (χ0n) is 23.3. The Morgan fingerprint density at radius 1 is 0.476 bits per heavy atom. The highest BCUT2D eigenvalue weighted by molar-refractivity contribution is 6.06. The number of methoxy groups -OCH3 is 4. The lowest BCUT2D eigenvalue weighted by Crippen LogP contribution is -2.13.